The van der Waals surface area contributed by atoms with Gasteiger partial charge in [-0.2, -0.15) is 5.10 Å². The number of hydrogen-bond donors (Lipinski definition) is 1. The Morgan fingerprint density at radius 3 is 2.71 bits per heavy atom. The van der Waals surface area contributed by atoms with E-state index in [4.69, 9.17) is 5.73 Å². The molecular formula is C17H30N4. The van der Waals surface area contributed by atoms with Gasteiger partial charge in [0.1, 0.15) is 12.2 Å². The summed E-state index contributed by atoms with van der Waals surface area (Å²) in [5.41, 5.74) is 6.91. The standard InChI is InChI=1S/C17H30N4/c1-2-21-16(19-13-20-21)12-17(18)11-7-6-10-15(17)14-8-4-3-5-9-14/h13-15H,2-12,18H2,1H3. The lowest BCUT2D eigenvalue weighted by atomic mass is 9.63. The maximum atomic E-state index is 6.97. The molecule has 0 aromatic carbocycles. The van der Waals surface area contributed by atoms with Crippen LogP contribution in [0.5, 0.6) is 0 Å². The summed E-state index contributed by atoms with van der Waals surface area (Å²) in [5.74, 6) is 2.62. The summed E-state index contributed by atoms with van der Waals surface area (Å²) in [6, 6.07) is 0. The van der Waals surface area contributed by atoms with E-state index >= 15 is 0 Å². The highest BCUT2D eigenvalue weighted by molar-refractivity contribution is 5.04. The SMILES string of the molecule is CCn1ncnc1CC1(N)CCCCC1C1CCCCC1. The second-order valence-corrected chi connectivity index (χ2v) is 7.15. The Labute approximate surface area is 128 Å². The molecule has 1 heterocycles. The fourth-order valence-electron chi connectivity index (χ4n) is 4.74. The molecular weight excluding hydrogens is 260 g/mol. The number of aromatic nitrogens is 3. The second kappa shape index (κ2) is 6.47. The van der Waals surface area contributed by atoms with Gasteiger partial charge in [-0.15, -0.1) is 0 Å². The van der Waals surface area contributed by atoms with Crippen LogP contribution in [0.25, 0.3) is 0 Å². The topological polar surface area (TPSA) is 56.7 Å². The minimum absolute atomic E-state index is 0.0553. The van der Waals surface area contributed by atoms with Crippen molar-refractivity contribution in [2.45, 2.75) is 83.2 Å². The molecule has 0 aliphatic heterocycles. The molecule has 2 saturated carbocycles. The van der Waals surface area contributed by atoms with Gasteiger partial charge < -0.3 is 5.73 Å². The summed E-state index contributed by atoms with van der Waals surface area (Å²) in [5, 5.41) is 4.32. The molecule has 0 spiro atoms. The van der Waals surface area contributed by atoms with Crippen molar-refractivity contribution in [1.29, 1.82) is 0 Å². The lowest BCUT2D eigenvalue weighted by molar-refractivity contribution is 0.0972. The van der Waals surface area contributed by atoms with Crippen molar-refractivity contribution in [2.75, 3.05) is 0 Å². The molecule has 2 aliphatic carbocycles. The maximum Gasteiger partial charge on any atom is 0.138 e. The predicted octanol–water partition coefficient (Wildman–Crippen LogP) is 3.31. The number of nitrogens with zero attached hydrogens (tertiary/aromatic N) is 3. The van der Waals surface area contributed by atoms with E-state index in [9.17, 15) is 0 Å². The number of nitrogens with two attached hydrogens (primary N) is 1. The van der Waals surface area contributed by atoms with E-state index in [0.29, 0.717) is 5.92 Å². The van der Waals surface area contributed by atoms with E-state index < -0.39 is 0 Å². The summed E-state index contributed by atoms with van der Waals surface area (Å²) in [4.78, 5) is 4.48. The zero-order valence-electron chi connectivity index (χ0n) is 13.4. The maximum absolute atomic E-state index is 6.97. The van der Waals surface area contributed by atoms with Gasteiger partial charge in [0.05, 0.1) is 0 Å². The average molecular weight is 290 g/mol. The molecule has 4 heteroatoms. The van der Waals surface area contributed by atoms with Crippen LogP contribution < -0.4 is 5.73 Å². The number of hydrogen-bond acceptors (Lipinski definition) is 3. The number of rotatable bonds is 4. The van der Waals surface area contributed by atoms with Crippen molar-refractivity contribution in [3.63, 3.8) is 0 Å². The summed E-state index contributed by atoms with van der Waals surface area (Å²) < 4.78 is 2.02. The third-order valence-electron chi connectivity index (χ3n) is 5.85. The zero-order valence-corrected chi connectivity index (χ0v) is 13.4. The summed E-state index contributed by atoms with van der Waals surface area (Å²) >= 11 is 0. The van der Waals surface area contributed by atoms with Gasteiger partial charge in [0.2, 0.25) is 0 Å². The van der Waals surface area contributed by atoms with Crippen LogP contribution in [0, 0.1) is 11.8 Å². The molecule has 1 aromatic rings. The van der Waals surface area contributed by atoms with Crippen LogP contribution in [-0.2, 0) is 13.0 Å². The van der Waals surface area contributed by atoms with E-state index in [-0.39, 0.29) is 5.54 Å². The molecule has 21 heavy (non-hydrogen) atoms. The summed E-state index contributed by atoms with van der Waals surface area (Å²) in [6.45, 7) is 3.01. The van der Waals surface area contributed by atoms with Gasteiger partial charge in [-0.1, -0.05) is 44.9 Å². The second-order valence-electron chi connectivity index (χ2n) is 7.15. The first-order valence-corrected chi connectivity index (χ1v) is 8.88. The monoisotopic (exact) mass is 290 g/mol. The van der Waals surface area contributed by atoms with E-state index in [1.807, 2.05) is 4.68 Å². The molecule has 0 amide bonds. The fourth-order valence-corrected chi connectivity index (χ4v) is 4.74. The molecule has 1 aromatic heterocycles. The van der Waals surface area contributed by atoms with Crippen LogP contribution in [0.3, 0.4) is 0 Å². The number of aryl methyl sites for hydroxylation is 1. The highest BCUT2D eigenvalue weighted by atomic mass is 15.3. The molecule has 3 rings (SSSR count). The van der Waals surface area contributed by atoms with Gasteiger partial charge in [0.15, 0.2) is 0 Å². The third kappa shape index (κ3) is 3.15. The van der Waals surface area contributed by atoms with Crippen molar-refractivity contribution in [1.82, 2.24) is 14.8 Å². The molecule has 0 saturated heterocycles. The average Bonchev–Trinajstić information content (AvgIpc) is 2.95. The van der Waals surface area contributed by atoms with Crippen molar-refractivity contribution in [3.05, 3.63) is 12.2 Å². The Morgan fingerprint density at radius 2 is 1.95 bits per heavy atom. The normalized spacial score (nSPS) is 31.4. The lowest BCUT2D eigenvalue weighted by Crippen LogP contribution is -2.54. The molecule has 2 unspecified atom stereocenters. The van der Waals surface area contributed by atoms with Crippen LogP contribution in [0.15, 0.2) is 6.33 Å². The van der Waals surface area contributed by atoms with Crippen molar-refractivity contribution >= 4 is 0 Å². The van der Waals surface area contributed by atoms with E-state index in [1.165, 1.54) is 51.4 Å². The Hall–Kier alpha value is -0.900. The van der Waals surface area contributed by atoms with Gasteiger partial charge in [0, 0.05) is 18.5 Å². The summed E-state index contributed by atoms with van der Waals surface area (Å²) in [7, 11) is 0. The van der Waals surface area contributed by atoms with E-state index in [0.717, 1.165) is 31.1 Å². The van der Waals surface area contributed by atoms with Gasteiger partial charge in [-0.25, -0.2) is 4.98 Å². The Morgan fingerprint density at radius 1 is 1.19 bits per heavy atom. The third-order valence-corrected chi connectivity index (χ3v) is 5.85. The first-order valence-electron chi connectivity index (χ1n) is 8.88. The molecule has 4 nitrogen and oxygen atoms in total. The first kappa shape index (κ1) is 15.0. The van der Waals surface area contributed by atoms with Crippen molar-refractivity contribution in [2.24, 2.45) is 17.6 Å². The minimum atomic E-state index is -0.0553. The molecule has 0 bridgehead atoms. The van der Waals surface area contributed by atoms with Crippen LogP contribution >= 0.6 is 0 Å². The first-order chi connectivity index (χ1) is 10.2. The largest absolute Gasteiger partial charge is 0.324 e. The highest BCUT2D eigenvalue weighted by Gasteiger charge is 2.42. The Kier molecular flexibility index (Phi) is 4.63. The van der Waals surface area contributed by atoms with Crippen LogP contribution in [0.2, 0.25) is 0 Å². The van der Waals surface area contributed by atoms with Crippen molar-refractivity contribution < 1.29 is 0 Å². The molecule has 2 N–H and O–H groups in total. The molecule has 2 atom stereocenters. The zero-order chi connectivity index (χ0) is 14.7. The smallest absolute Gasteiger partial charge is 0.138 e. The van der Waals surface area contributed by atoms with Gasteiger partial charge in [-0.05, 0) is 31.6 Å². The quantitative estimate of drug-likeness (QED) is 0.925. The van der Waals surface area contributed by atoms with E-state index in [1.54, 1.807) is 6.33 Å². The van der Waals surface area contributed by atoms with Gasteiger partial charge in [0.25, 0.3) is 0 Å². The van der Waals surface area contributed by atoms with E-state index in [2.05, 4.69) is 17.0 Å². The molecule has 2 aliphatic rings. The fraction of sp³-hybridized carbons (Fsp3) is 0.882. The molecule has 118 valence electrons. The predicted molar refractivity (Wildman–Crippen MR) is 84.9 cm³/mol. The van der Waals surface area contributed by atoms with Crippen LogP contribution in [0.4, 0.5) is 0 Å². The highest BCUT2D eigenvalue weighted by Crippen LogP contribution is 2.43. The van der Waals surface area contributed by atoms with Crippen LogP contribution in [0.1, 0.15) is 70.5 Å². The van der Waals surface area contributed by atoms with Gasteiger partial charge in [-0.3, -0.25) is 4.68 Å². The van der Waals surface area contributed by atoms with Crippen molar-refractivity contribution in [3.8, 4) is 0 Å². The Bertz CT molecular complexity index is 449. The molecule has 0 radical (unpaired) electrons. The van der Waals surface area contributed by atoms with Crippen LogP contribution in [-0.4, -0.2) is 20.3 Å². The minimum Gasteiger partial charge on any atom is -0.324 e. The Balaban J connectivity index is 1.77. The molecule has 2 fully saturated rings. The lowest BCUT2D eigenvalue weighted by Gasteiger charge is -2.46. The summed E-state index contributed by atoms with van der Waals surface area (Å²) in [6.07, 6.45) is 14.7. The van der Waals surface area contributed by atoms with Gasteiger partial charge >= 0.3 is 0 Å².